The van der Waals surface area contributed by atoms with Crippen molar-refractivity contribution in [2.45, 2.75) is 56.9 Å². The van der Waals surface area contributed by atoms with E-state index in [0.717, 1.165) is 32.1 Å². The van der Waals surface area contributed by atoms with E-state index in [1.54, 1.807) is 14.2 Å². The van der Waals surface area contributed by atoms with Gasteiger partial charge in [0.25, 0.3) is 0 Å². The second-order valence-corrected chi connectivity index (χ2v) is 4.97. The van der Waals surface area contributed by atoms with E-state index >= 15 is 0 Å². The summed E-state index contributed by atoms with van der Waals surface area (Å²) in [7, 11) is 3.31. The lowest BCUT2D eigenvalue weighted by Crippen LogP contribution is -2.42. The Balaban J connectivity index is 2.03. The summed E-state index contributed by atoms with van der Waals surface area (Å²) in [4.78, 5) is 13.8. The zero-order chi connectivity index (χ0) is 11.8. The van der Waals surface area contributed by atoms with Crippen LogP contribution in [-0.2, 0) is 14.3 Å². The Morgan fingerprint density at radius 1 is 1.31 bits per heavy atom. The molecule has 2 aliphatic heterocycles. The second-order valence-electron chi connectivity index (χ2n) is 4.97. The van der Waals surface area contributed by atoms with Gasteiger partial charge in [0.2, 0.25) is 5.91 Å². The third-order valence-corrected chi connectivity index (χ3v) is 4.07. The molecule has 4 heteroatoms. The van der Waals surface area contributed by atoms with Crippen molar-refractivity contribution < 1.29 is 14.3 Å². The van der Waals surface area contributed by atoms with Gasteiger partial charge in [-0.3, -0.25) is 4.79 Å². The molecule has 0 aromatic heterocycles. The van der Waals surface area contributed by atoms with Crippen molar-refractivity contribution in [1.29, 1.82) is 0 Å². The van der Waals surface area contributed by atoms with E-state index in [4.69, 9.17) is 9.47 Å². The molecule has 2 rings (SSSR count). The van der Waals surface area contributed by atoms with E-state index in [-0.39, 0.29) is 0 Å². The van der Waals surface area contributed by atoms with Gasteiger partial charge >= 0.3 is 0 Å². The fourth-order valence-electron chi connectivity index (χ4n) is 2.95. The number of amides is 1. The first-order valence-corrected chi connectivity index (χ1v) is 6.01. The van der Waals surface area contributed by atoms with Crippen molar-refractivity contribution in [3.05, 3.63) is 0 Å². The summed E-state index contributed by atoms with van der Waals surface area (Å²) in [5, 5.41) is 0. The van der Waals surface area contributed by atoms with Gasteiger partial charge in [-0.25, -0.2) is 0 Å². The molecule has 0 spiro atoms. The highest BCUT2D eigenvalue weighted by molar-refractivity contribution is 5.79. The third kappa shape index (κ3) is 1.96. The Labute approximate surface area is 96.9 Å². The second kappa shape index (κ2) is 4.34. The first-order chi connectivity index (χ1) is 7.59. The monoisotopic (exact) mass is 227 g/mol. The summed E-state index contributed by atoms with van der Waals surface area (Å²) in [5.74, 6) is -0.260. The predicted molar refractivity (Wildman–Crippen MR) is 59.9 cm³/mol. The van der Waals surface area contributed by atoms with Gasteiger partial charge in [-0.1, -0.05) is 0 Å². The average Bonchev–Trinajstić information content (AvgIpc) is 2.84. The lowest BCUT2D eigenvalue weighted by molar-refractivity contribution is -0.204. The minimum atomic E-state index is -0.567. The maximum Gasteiger partial charge on any atom is 0.223 e. The lowest BCUT2D eigenvalue weighted by atomic mass is 10.0. The van der Waals surface area contributed by atoms with Crippen LogP contribution >= 0.6 is 0 Å². The topological polar surface area (TPSA) is 38.8 Å². The number of hydrogen-bond donors (Lipinski definition) is 0. The van der Waals surface area contributed by atoms with Crippen LogP contribution in [0.5, 0.6) is 0 Å². The quantitative estimate of drug-likeness (QED) is 0.684. The number of fused-ring (bicyclic) bond motifs is 1. The van der Waals surface area contributed by atoms with Crippen LogP contribution in [0.15, 0.2) is 0 Å². The smallest absolute Gasteiger partial charge is 0.223 e. The van der Waals surface area contributed by atoms with Gasteiger partial charge in [0.05, 0.1) is 0 Å². The van der Waals surface area contributed by atoms with E-state index in [1.807, 2.05) is 6.92 Å². The van der Waals surface area contributed by atoms with Crippen LogP contribution in [0.1, 0.15) is 39.0 Å². The van der Waals surface area contributed by atoms with Crippen LogP contribution in [0, 0.1) is 0 Å². The molecule has 1 amide bonds. The van der Waals surface area contributed by atoms with Crippen molar-refractivity contribution in [3.63, 3.8) is 0 Å². The summed E-state index contributed by atoms with van der Waals surface area (Å²) in [6, 6.07) is 0.778. The Morgan fingerprint density at radius 3 is 2.62 bits per heavy atom. The maximum atomic E-state index is 11.8. The molecule has 2 saturated heterocycles. The van der Waals surface area contributed by atoms with Crippen LogP contribution in [0.4, 0.5) is 0 Å². The summed E-state index contributed by atoms with van der Waals surface area (Å²) < 4.78 is 10.7. The molecule has 0 N–H and O–H groups in total. The van der Waals surface area contributed by atoms with E-state index in [0.29, 0.717) is 18.0 Å². The molecule has 4 nitrogen and oxygen atoms in total. The van der Waals surface area contributed by atoms with Gasteiger partial charge in [0.1, 0.15) is 0 Å². The van der Waals surface area contributed by atoms with Gasteiger partial charge in [0.15, 0.2) is 5.79 Å². The van der Waals surface area contributed by atoms with E-state index in [9.17, 15) is 4.79 Å². The number of rotatable bonds is 4. The van der Waals surface area contributed by atoms with Gasteiger partial charge in [-0.05, 0) is 26.2 Å². The zero-order valence-corrected chi connectivity index (χ0v) is 10.4. The maximum absolute atomic E-state index is 11.8. The Hall–Kier alpha value is -0.610. The highest BCUT2D eigenvalue weighted by Gasteiger charge is 2.43. The summed E-state index contributed by atoms with van der Waals surface area (Å²) in [6.45, 7) is 1.93. The highest BCUT2D eigenvalue weighted by Crippen LogP contribution is 2.37. The Bertz CT molecular complexity index is 275. The van der Waals surface area contributed by atoms with Crippen molar-refractivity contribution in [3.8, 4) is 0 Å². The van der Waals surface area contributed by atoms with Gasteiger partial charge in [0, 0.05) is 39.1 Å². The number of carbonyl (C=O) groups is 1. The lowest BCUT2D eigenvalue weighted by Gasteiger charge is -2.33. The van der Waals surface area contributed by atoms with E-state index in [2.05, 4.69) is 4.90 Å². The SMILES string of the molecule is COC(C)(CC1CCC2CCC(=O)N21)OC. The molecule has 2 fully saturated rings. The summed E-state index contributed by atoms with van der Waals surface area (Å²) in [6.07, 6.45) is 4.74. The average molecular weight is 227 g/mol. The van der Waals surface area contributed by atoms with Crippen molar-refractivity contribution in [1.82, 2.24) is 4.90 Å². The van der Waals surface area contributed by atoms with E-state index < -0.39 is 5.79 Å². The highest BCUT2D eigenvalue weighted by atomic mass is 16.7. The molecule has 0 aliphatic carbocycles. The molecule has 2 atom stereocenters. The van der Waals surface area contributed by atoms with Crippen molar-refractivity contribution >= 4 is 5.91 Å². The summed E-state index contributed by atoms with van der Waals surface area (Å²) in [5.41, 5.74) is 0. The molecule has 0 aromatic rings. The van der Waals surface area contributed by atoms with Crippen LogP contribution < -0.4 is 0 Å². The standard InChI is InChI=1S/C12H21NO3/c1-12(15-2,16-3)8-10-5-4-9-6-7-11(14)13(9)10/h9-10H,4-8H2,1-3H3. The van der Waals surface area contributed by atoms with Gasteiger partial charge in [-0.15, -0.1) is 0 Å². The molecular weight excluding hydrogens is 206 g/mol. The largest absolute Gasteiger partial charge is 0.353 e. The molecule has 0 bridgehead atoms. The number of ether oxygens (including phenoxy) is 2. The van der Waals surface area contributed by atoms with E-state index in [1.165, 1.54) is 0 Å². The van der Waals surface area contributed by atoms with Crippen LogP contribution in [0.2, 0.25) is 0 Å². The van der Waals surface area contributed by atoms with Crippen LogP contribution in [0.25, 0.3) is 0 Å². The fourth-order valence-corrected chi connectivity index (χ4v) is 2.95. The van der Waals surface area contributed by atoms with Gasteiger partial charge in [-0.2, -0.15) is 0 Å². The number of carbonyl (C=O) groups excluding carboxylic acids is 1. The fraction of sp³-hybridized carbons (Fsp3) is 0.917. The first kappa shape index (κ1) is 11.9. The Kier molecular flexibility index (Phi) is 3.22. The Morgan fingerprint density at radius 2 is 2.00 bits per heavy atom. The molecular formula is C12H21NO3. The molecule has 0 aromatic carbocycles. The molecule has 0 radical (unpaired) electrons. The molecule has 92 valence electrons. The molecule has 0 saturated carbocycles. The normalized spacial score (nSPS) is 29.9. The van der Waals surface area contributed by atoms with Crippen molar-refractivity contribution in [2.24, 2.45) is 0 Å². The predicted octanol–water partition coefficient (Wildman–Crippen LogP) is 1.54. The zero-order valence-electron chi connectivity index (χ0n) is 10.4. The van der Waals surface area contributed by atoms with Crippen LogP contribution in [0.3, 0.4) is 0 Å². The molecule has 2 aliphatic rings. The number of nitrogens with zero attached hydrogens (tertiary/aromatic N) is 1. The van der Waals surface area contributed by atoms with Crippen molar-refractivity contribution in [2.75, 3.05) is 14.2 Å². The third-order valence-electron chi connectivity index (χ3n) is 4.07. The van der Waals surface area contributed by atoms with Gasteiger partial charge < -0.3 is 14.4 Å². The first-order valence-electron chi connectivity index (χ1n) is 6.01. The summed E-state index contributed by atoms with van der Waals surface area (Å²) >= 11 is 0. The number of methoxy groups -OCH3 is 2. The van der Waals surface area contributed by atoms with Crippen LogP contribution in [-0.4, -0.2) is 42.9 Å². The molecule has 16 heavy (non-hydrogen) atoms. The minimum Gasteiger partial charge on any atom is -0.353 e. The minimum absolute atomic E-state index is 0.296. The molecule has 2 unspecified atom stereocenters. The molecule has 2 heterocycles. The number of hydrogen-bond acceptors (Lipinski definition) is 3.